The van der Waals surface area contributed by atoms with Gasteiger partial charge in [0.2, 0.25) is 0 Å². The molecule has 3 rings (SSSR count). The molecule has 22 heavy (non-hydrogen) atoms. The van der Waals surface area contributed by atoms with Crippen molar-refractivity contribution < 1.29 is 4.79 Å². The Hall–Kier alpha value is -1.95. The maximum atomic E-state index is 12.5. The molecule has 114 valence electrons. The van der Waals surface area contributed by atoms with Gasteiger partial charge in [-0.15, -0.1) is 5.10 Å². The lowest BCUT2D eigenvalue weighted by Crippen LogP contribution is -2.49. The van der Waals surface area contributed by atoms with Crippen LogP contribution in [0.2, 0.25) is 0 Å². The molecule has 5 nitrogen and oxygen atoms in total. The SMILES string of the molecule is Cc1ccc(N2CCN(C(=O)c3ccc(Br)cc3)CC2)nn1. The number of amides is 1. The molecule has 1 saturated heterocycles. The quantitative estimate of drug-likeness (QED) is 0.825. The van der Waals surface area contributed by atoms with Crippen molar-refractivity contribution >= 4 is 27.7 Å². The van der Waals surface area contributed by atoms with Gasteiger partial charge in [-0.2, -0.15) is 5.10 Å². The molecule has 0 saturated carbocycles. The maximum absolute atomic E-state index is 12.5. The Bertz CT molecular complexity index is 649. The normalized spacial score (nSPS) is 15.0. The number of piperazine rings is 1. The van der Waals surface area contributed by atoms with Crippen LogP contribution in [-0.2, 0) is 0 Å². The van der Waals surface area contributed by atoms with Crippen molar-refractivity contribution in [2.24, 2.45) is 0 Å². The van der Waals surface area contributed by atoms with E-state index in [4.69, 9.17) is 0 Å². The van der Waals surface area contributed by atoms with Gasteiger partial charge in [0.05, 0.1) is 5.69 Å². The number of halogens is 1. The molecular weight excluding hydrogens is 344 g/mol. The molecule has 0 bridgehead atoms. The number of benzene rings is 1. The number of hydrogen-bond donors (Lipinski definition) is 0. The first-order valence-electron chi connectivity index (χ1n) is 7.23. The number of hydrogen-bond acceptors (Lipinski definition) is 4. The number of aromatic nitrogens is 2. The van der Waals surface area contributed by atoms with Crippen LogP contribution in [0.4, 0.5) is 5.82 Å². The molecule has 0 spiro atoms. The van der Waals surface area contributed by atoms with Gasteiger partial charge >= 0.3 is 0 Å². The third kappa shape index (κ3) is 3.27. The van der Waals surface area contributed by atoms with Gasteiger partial charge in [-0.05, 0) is 43.3 Å². The summed E-state index contributed by atoms with van der Waals surface area (Å²) in [5.41, 5.74) is 1.64. The molecule has 1 aliphatic heterocycles. The van der Waals surface area contributed by atoms with E-state index in [1.807, 2.05) is 48.2 Å². The third-order valence-corrected chi connectivity index (χ3v) is 4.29. The van der Waals surface area contributed by atoms with Crippen molar-refractivity contribution in [2.45, 2.75) is 6.92 Å². The Kier molecular flexibility index (Phi) is 4.38. The standard InChI is InChI=1S/C16H17BrN4O/c1-12-2-7-15(19-18-12)20-8-10-21(11-9-20)16(22)13-3-5-14(17)6-4-13/h2-7H,8-11H2,1H3. The highest BCUT2D eigenvalue weighted by Crippen LogP contribution is 2.16. The van der Waals surface area contributed by atoms with E-state index in [9.17, 15) is 4.79 Å². The summed E-state index contributed by atoms with van der Waals surface area (Å²) in [5.74, 6) is 0.962. The van der Waals surface area contributed by atoms with Crippen LogP contribution in [-0.4, -0.2) is 47.2 Å². The first kappa shape index (κ1) is 15.0. The highest BCUT2D eigenvalue weighted by molar-refractivity contribution is 9.10. The Morgan fingerprint density at radius 1 is 1.00 bits per heavy atom. The molecule has 1 aromatic carbocycles. The summed E-state index contributed by atoms with van der Waals surface area (Å²) in [4.78, 5) is 16.5. The molecule has 0 radical (unpaired) electrons. The summed E-state index contributed by atoms with van der Waals surface area (Å²) in [6.07, 6.45) is 0. The van der Waals surface area contributed by atoms with Gasteiger partial charge in [0, 0.05) is 36.2 Å². The number of rotatable bonds is 2. The van der Waals surface area contributed by atoms with Crippen LogP contribution in [0.5, 0.6) is 0 Å². The zero-order chi connectivity index (χ0) is 15.5. The summed E-state index contributed by atoms with van der Waals surface area (Å²) < 4.78 is 0.979. The molecule has 2 heterocycles. The smallest absolute Gasteiger partial charge is 0.253 e. The molecule has 0 N–H and O–H groups in total. The Morgan fingerprint density at radius 2 is 1.68 bits per heavy atom. The summed E-state index contributed by atoms with van der Waals surface area (Å²) in [6.45, 7) is 4.88. The zero-order valence-electron chi connectivity index (χ0n) is 12.4. The molecule has 1 aliphatic rings. The van der Waals surface area contributed by atoms with Crippen LogP contribution >= 0.6 is 15.9 Å². The van der Waals surface area contributed by atoms with Crippen molar-refractivity contribution in [3.8, 4) is 0 Å². The molecule has 1 amide bonds. The predicted octanol–water partition coefficient (Wildman–Crippen LogP) is 2.51. The first-order chi connectivity index (χ1) is 10.6. The number of carbonyl (C=O) groups excluding carboxylic acids is 1. The summed E-state index contributed by atoms with van der Waals surface area (Å²) in [7, 11) is 0. The molecule has 0 aliphatic carbocycles. The van der Waals surface area contributed by atoms with Crippen LogP contribution in [0.15, 0.2) is 40.9 Å². The summed E-state index contributed by atoms with van der Waals surface area (Å²) in [6, 6.07) is 11.4. The van der Waals surface area contributed by atoms with Gasteiger partial charge in [0.25, 0.3) is 5.91 Å². The topological polar surface area (TPSA) is 49.3 Å². The number of anilines is 1. The fraction of sp³-hybridized carbons (Fsp3) is 0.312. The second-order valence-corrected chi connectivity index (χ2v) is 6.23. The van der Waals surface area contributed by atoms with Gasteiger partial charge < -0.3 is 9.80 Å². The second kappa shape index (κ2) is 6.44. The van der Waals surface area contributed by atoms with E-state index < -0.39 is 0 Å². The summed E-state index contributed by atoms with van der Waals surface area (Å²) >= 11 is 3.38. The van der Waals surface area contributed by atoms with Crippen molar-refractivity contribution in [1.29, 1.82) is 0 Å². The van der Waals surface area contributed by atoms with Crippen LogP contribution in [0.1, 0.15) is 16.1 Å². The average Bonchev–Trinajstić information content (AvgIpc) is 2.56. The number of carbonyl (C=O) groups is 1. The van der Waals surface area contributed by atoms with Crippen LogP contribution in [0, 0.1) is 6.92 Å². The van der Waals surface area contributed by atoms with E-state index in [1.54, 1.807) is 0 Å². The van der Waals surface area contributed by atoms with Gasteiger partial charge in [0.1, 0.15) is 0 Å². The largest absolute Gasteiger partial charge is 0.352 e. The van der Waals surface area contributed by atoms with E-state index in [2.05, 4.69) is 31.0 Å². The fourth-order valence-electron chi connectivity index (χ4n) is 2.47. The van der Waals surface area contributed by atoms with Crippen LogP contribution < -0.4 is 4.90 Å². The van der Waals surface area contributed by atoms with E-state index in [-0.39, 0.29) is 5.91 Å². The van der Waals surface area contributed by atoms with E-state index in [0.717, 1.165) is 34.6 Å². The number of aryl methyl sites for hydroxylation is 1. The molecule has 0 atom stereocenters. The van der Waals surface area contributed by atoms with Crippen molar-refractivity contribution in [2.75, 3.05) is 31.1 Å². The first-order valence-corrected chi connectivity index (χ1v) is 8.03. The Labute approximate surface area is 138 Å². The molecule has 6 heteroatoms. The molecule has 2 aromatic rings. The van der Waals surface area contributed by atoms with Crippen molar-refractivity contribution in [1.82, 2.24) is 15.1 Å². The van der Waals surface area contributed by atoms with E-state index in [1.165, 1.54) is 0 Å². The zero-order valence-corrected chi connectivity index (χ0v) is 14.0. The summed E-state index contributed by atoms with van der Waals surface area (Å²) in [5, 5.41) is 8.29. The molecule has 0 unspecified atom stereocenters. The lowest BCUT2D eigenvalue weighted by atomic mass is 10.2. The van der Waals surface area contributed by atoms with Gasteiger partial charge in [-0.3, -0.25) is 4.79 Å². The molecule has 1 aromatic heterocycles. The molecule has 1 fully saturated rings. The highest BCUT2D eigenvalue weighted by Gasteiger charge is 2.22. The van der Waals surface area contributed by atoms with Gasteiger partial charge in [-0.1, -0.05) is 15.9 Å². The monoisotopic (exact) mass is 360 g/mol. The number of nitrogens with zero attached hydrogens (tertiary/aromatic N) is 4. The van der Waals surface area contributed by atoms with Gasteiger partial charge in [0.15, 0.2) is 5.82 Å². The Balaban J connectivity index is 1.62. The molecular formula is C16H17BrN4O. The van der Waals surface area contributed by atoms with Crippen molar-refractivity contribution in [3.63, 3.8) is 0 Å². The van der Waals surface area contributed by atoms with Crippen LogP contribution in [0.3, 0.4) is 0 Å². The average molecular weight is 361 g/mol. The minimum atomic E-state index is 0.0853. The third-order valence-electron chi connectivity index (χ3n) is 3.77. The van der Waals surface area contributed by atoms with Crippen LogP contribution in [0.25, 0.3) is 0 Å². The Morgan fingerprint density at radius 3 is 2.27 bits per heavy atom. The minimum Gasteiger partial charge on any atom is -0.352 e. The highest BCUT2D eigenvalue weighted by atomic mass is 79.9. The van der Waals surface area contributed by atoms with Crippen molar-refractivity contribution in [3.05, 3.63) is 52.1 Å². The fourth-order valence-corrected chi connectivity index (χ4v) is 2.74. The minimum absolute atomic E-state index is 0.0853. The predicted molar refractivity (Wildman–Crippen MR) is 89.0 cm³/mol. The lowest BCUT2D eigenvalue weighted by molar-refractivity contribution is 0.0746. The second-order valence-electron chi connectivity index (χ2n) is 5.32. The van der Waals surface area contributed by atoms with Gasteiger partial charge in [-0.25, -0.2) is 0 Å². The van der Waals surface area contributed by atoms with E-state index in [0.29, 0.717) is 13.1 Å². The lowest BCUT2D eigenvalue weighted by Gasteiger charge is -2.35. The maximum Gasteiger partial charge on any atom is 0.253 e. The van der Waals surface area contributed by atoms with E-state index >= 15 is 0 Å².